The van der Waals surface area contributed by atoms with Crippen molar-refractivity contribution in [2.24, 2.45) is 0 Å². The molecule has 0 atom stereocenters. The van der Waals surface area contributed by atoms with E-state index in [9.17, 15) is 8.42 Å². The van der Waals surface area contributed by atoms with Crippen molar-refractivity contribution in [3.8, 4) is 5.75 Å². The van der Waals surface area contributed by atoms with Crippen molar-refractivity contribution < 1.29 is 13.2 Å². The molecule has 0 aliphatic carbocycles. The van der Waals surface area contributed by atoms with Gasteiger partial charge in [0.25, 0.3) is 10.0 Å². The van der Waals surface area contributed by atoms with Crippen LogP contribution < -0.4 is 15.2 Å². The molecular formula is C10H10ClN5O3S. The molecule has 1 aromatic heterocycles. The third-order valence-electron chi connectivity index (χ3n) is 2.24. The molecule has 0 unspecified atom stereocenters. The van der Waals surface area contributed by atoms with Gasteiger partial charge in [-0.3, -0.25) is 0 Å². The number of sulfonamides is 1. The van der Waals surface area contributed by atoms with Gasteiger partial charge in [-0.2, -0.15) is 0 Å². The second kappa shape index (κ2) is 5.47. The molecule has 0 fully saturated rings. The first-order valence-corrected chi connectivity index (χ1v) is 7.08. The summed E-state index contributed by atoms with van der Waals surface area (Å²) in [4.78, 5) is 10.7. The molecule has 0 saturated heterocycles. The minimum Gasteiger partial charge on any atom is -0.495 e. The summed E-state index contributed by atoms with van der Waals surface area (Å²) in [5.74, 6) is -0.105. The monoisotopic (exact) mass is 315 g/mol. The molecule has 20 heavy (non-hydrogen) atoms. The number of aromatic nitrogens is 3. The Morgan fingerprint density at radius 2 is 1.95 bits per heavy atom. The number of nitrogens with one attached hydrogen (secondary N) is 1. The fourth-order valence-corrected chi connectivity index (χ4v) is 3.16. The maximum Gasteiger partial charge on any atom is 0.269 e. The van der Waals surface area contributed by atoms with Gasteiger partial charge in [-0.05, 0) is 6.07 Å². The van der Waals surface area contributed by atoms with Gasteiger partial charge in [-0.25, -0.2) is 28.1 Å². The highest BCUT2D eigenvalue weighted by Gasteiger charge is 2.24. The van der Waals surface area contributed by atoms with E-state index in [1.807, 2.05) is 0 Å². The topological polar surface area (TPSA) is 120 Å². The van der Waals surface area contributed by atoms with E-state index in [2.05, 4.69) is 19.7 Å². The predicted octanol–water partition coefficient (Wildman–Crippen LogP) is 0.917. The molecule has 1 heterocycles. The van der Waals surface area contributed by atoms with Crippen LogP contribution in [0.1, 0.15) is 0 Å². The summed E-state index contributed by atoms with van der Waals surface area (Å²) < 4.78 is 31.8. The fourth-order valence-electron chi connectivity index (χ4n) is 1.46. The Kier molecular flexibility index (Phi) is 3.91. The summed E-state index contributed by atoms with van der Waals surface area (Å²) in [5.41, 5.74) is 5.87. The van der Waals surface area contributed by atoms with Crippen molar-refractivity contribution in [2.75, 3.05) is 17.6 Å². The zero-order valence-electron chi connectivity index (χ0n) is 10.2. The standard InChI is InChI=1S/C10H10ClN5O3S/c1-19-8-3-6(12)2-7(11)9(8)20(17,18)16-10-14-4-13-5-15-10/h2-5H,12H2,1H3,(H,13,14,15,16). The van der Waals surface area contributed by atoms with E-state index in [0.717, 1.165) is 12.7 Å². The summed E-state index contributed by atoms with van der Waals surface area (Å²) in [6, 6.07) is 2.67. The van der Waals surface area contributed by atoms with Crippen LogP contribution in [0.25, 0.3) is 0 Å². The predicted molar refractivity (Wildman–Crippen MR) is 73.1 cm³/mol. The molecule has 1 aromatic carbocycles. The molecule has 0 radical (unpaired) electrons. The molecule has 0 spiro atoms. The van der Waals surface area contributed by atoms with Crippen LogP contribution in [0, 0.1) is 0 Å². The van der Waals surface area contributed by atoms with E-state index in [4.69, 9.17) is 22.1 Å². The van der Waals surface area contributed by atoms with Gasteiger partial charge < -0.3 is 10.5 Å². The summed E-state index contributed by atoms with van der Waals surface area (Å²) in [6.07, 6.45) is 2.32. The number of halogens is 1. The number of nitrogens with two attached hydrogens (primary N) is 1. The number of nitrogens with zero attached hydrogens (tertiary/aromatic N) is 3. The lowest BCUT2D eigenvalue weighted by Gasteiger charge is -2.12. The maximum atomic E-state index is 12.3. The number of hydrogen-bond acceptors (Lipinski definition) is 7. The van der Waals surface area contributed by atoms with Gasteiger partial charge in [0.05, 0.1) is 12.1 Å². The number of ether oxygens (including phenoxy) is 1. The average Bonchev–Trinajstić information content (AvgIpc) is 2.37. The highest BCUT2D eigenvalue weighted by atomic mass is 35.5. The second-order valence-electron chi connectivity index (χ2n) is 3.60. The number of hydrogen-bond donors (Lipinski definition) is 2. The highest BCUT2D eigenvalue weighted by molar-refractivity contribution is 7.93. The van der Waals surface area contributed by atoms with E-state index in [1.54, 1.807) is 0 Å². The van der Waals surface area contributed by atoms with Gasteiger partial charge in [0.2, 0.25) is 5.95 Å². The molecule has 3 N–H and O–H groups in total. The van der Waals surface area contributed by atoms with E-state index in [1.165, 1.54) is 19.2 Å². The third kappa shape index (κ3) is 2.89. The Bertz CT molecular complexity index is 723. The summed E-state index contributed by atoms with van der Waals surface area (Å²) in [5, 5.41) is -0.0663. The second-order valence-corrected chi connectivity index (χ2v) is 5.63. The minimum atomic E-state index is -4.02. The summed E-state index contributed by atoms with van der Waals surface area (Å²) in [7, 11) is -2.71. The number of nitrogen functional groups attached to an aromatic ring is 1. The molecule has 0 saturated carbocycles. The van der Waals surface area contributed by atoms with Crippen LogP contribution in [0.15, 0.2) is 29.7 Å². The van der Waals surface area contributed by atoms with Crippen molar-refractivity contribution in [3.05, 3.63) is 29.8 Å². The minimum absolute atomic E-state index is 0.0246. The first-order chi connectivity index (χ1) is 9.44. The zero-order valence-corrected chi connectivity index (χ0v) is 11.8. The van der Waals surface area contributed by atoms with Crippen LogP contribution in [0.4, 0.5) is 11.6 Å². The highest BCUT2D eigenvalue weighted by Crippen LogP contribution is 2.34. The number of rotatable bonds is 4. The summed E-state index contributed by atoms with van der Waals surface area (Å²) in [6.45, 7) is 0. The quantitative estimate of drug-likeness (QED) is 0.805. The molecule has 0 amide bonds. The van der Waals surface area contributed by atoms with E-state index in [0.29, 0.717) is 0 Å². The molecule has 106 valence electrons. The zero-order chi connectivity index (χ0) is 14.8. The van der Waals surface area contributed by atoms with Gasteiger partial charge in [-0.1, -0.05) is 11.6 Å². The van der Waals surface area contributed by atoms with Crippen LogP contribution in [0.5, 0.6) is 5.75 Å². The van der Waals surface area contributed by atoms with Gasteiger partial charge in [-0.15, -0.1) is 0 Å². The molecule has 0 aliphatic rings. The largest absolute Gasteiger partial charge is 0.495 e. The smallest absolute Gasteiger partial charge is 0.269 e. The van der Waals surface area contributed by atoms with E-state index in [-0.39, 0.29) is 27.3 Å². The van der Waals surface area contributed by atoms with Crippen LogP contribution in [0.2, 0.25) is 5.02 Å². The van der Waals surface area contributed by atoms with Gasteiger partial charge in [0.1, 0.15) is 23.3 Å². The lowest BCUT2D eigenvalue weighted by Crippen LogP contribution is -2.16. The number of methoxy groups -OCH3 is 1. The number of anilines is 2. The lowest BCUT2D eigenvalue weighted by molar-refractivity contribution is 0.403. The first-order valence-electron chi connectivity index (χ1n) is 5.22. The van der Waals surface area contributed by atoms with Crippen LogP contribution in [-0.2, 0) is 10.0 Å². The SMILES string of the molecule is COc1cc(N)cc(Cl)c1S(=O)(=O)Nc1ncncn1. The Morgan fingerprint density at radius 1 is 1.30 bits per heavy atom. The Balaban J connectivity index is 2.50. The Morgan fingerprint density at radius 3 is 2.55 bits per heavy atom. The van der Waals surface area contributed by atoms with Crippen LogP contribution >= 0.6 is 11.6 Å². The van der Waals surface area contributed by atoms with E-state index < -0.39 is 10.0 Å². The molecule has 2 rings (SSSR count). The van der Waals surface area contributed by atoms with Crippen molar-refractivity contribution in [1.82, 2.24) is 15.0 Å². The summed E-state index contributed by atoms with van der Waals surface area (Å²) >= 11 is 5.93. The van der Waals surface area contributed by atoms with Crippen molar-refractivity contribution >= 4 is 33.3 Å². The van der Waals surface area contributed by atoms with Crippen LogP contribution in [0.3, 0.4) is 0 Å². The van der Waals surface area contributed by atoms with Gasteiger partial charge in [0.15, 0.2) is 0 Å². The van der Waals surface area contributed by atoms with Gasteiger partial charge in [0, 0.05) is 11.8 Å². The van der Waals surface area contributed by atoms with Crippen molar-refractivity contribution in [2.45, 2.75) is 4.90 Å². The molecule has 10 heteroatoms. The third-order valence-corrected chi connectivity index (χ3v) is 4.06. The van der Waals surface area contributed by atoms with Crippen molar-refractivity contribution in [1.29, 1.82) is 0 Å². The molecule has 0 aliphatic heterocycles. The van der Waals surface area contributed by atoms with Gasteiger partial charge >= 0.3 is 0 Å². The van der Waals surface area contributed by atoms with Crippen molar-refractivity contribution in [3.63, 3.8) is 0 Å². The average molecular weight is 316 g/mol. The normalized spacial score (nSPS) is 11.1. The van der Waals surface area contributed by atoms with Crippen LogP contribution in [-0.4, -0.2) is 30.5 Å². The molecule has 2 aromatic rings. The lowest BCUT2D eigenvalue weighted by atomic mass is 10.3. The molecular weight excluding hydrogens is 306 g/mol. The maximum absolute atomic E-state index is 12.3. The Hall–Kier alpha value is -2.13. The molecule has 0 bridgehead atoms. The number of benzene rings is 1. The van der Waals surface area contributed by atoms with E-state index >= 15 is 0 Å². The fraction of sp³-hybridized carbons (Fsp3) is 0.100. The first kappa shape index (κ1) is 14.3. The Labute approximate surface area is 120 Å². The molecule has 8 nitrogen and oxygen atoms in total.